The lowest BCUT2D eigenvalue weighted by Gasteiger charge is -2.29. The minimum atomic E-state index is -3.63. The zero-order chi connectivity index (χ0) is 21.3. The van der Waals surface area contributed by atoms with E-state index in [0.29, 0.717) is 20.9 Å². The number of nitrogens with one attached hydrogen (secondary N) is 1. The lowest BCUT2D eigenvalue weighted by atomic mass is 10.1. The van der Waals surface area contributed by atoms with Gasteiger partial charge >= 0.3 is 0 Å². The molecule has 3 rings (SSSR count). The minimum absolute atomic E-state index is 0.152. The van der Waals surface area contributed by atoms with Crippen molar-refractivity contribution in [3.05, 3.63) is 53.6 Å². The number of thiazole rings is 1. The smallest absolute Gasteiger partial charge is 0.257 e. The van der Waals surface area contributed by atoms with Crippen molar-refractivity contribution in [3.63, 3.8) is 0 Å². The van der Waals surface area contributed by atoms with Crippen LogP contribution in [0.4, 0.5) is 5.13 Å². The number of hydrogen-bond donors (Lipinski definition) is 1. The lowest BCUT2D eigenvalue weighted by Crippen LogP contribution is -2.41. The number of benzene rings is 2. The third kappa shape index (κ3) is 4.34. The number of anilines is 1. The molecule has 8 heteroatoms. The normalized spacial score (nSPS) is 12.3. The minimum Gasteiger partial charge on any atom is -0.298 e. The Morgan fingerprint density at radius 1 is 1.07 bits per heavy atom. The molecule has 3 aromatic rings. The van der Waals surface area contributed by atoms with Crippen LogP contribution in [0.15, 0.2) is 47.4 Å². The summed E-state index contributed by atoms with van der Waals surface area (Å²) in [6.07, 6.45) is 0. The van der Waals surface area contributed by atoms with Gasteiger partial charge in [-0.15, -0.1) is 0 Å². The van der Waals surface area contributed by atoms with E-state index in [1.165, 1.54) is 15.6 Å². The number of nitrogens with zero attached hydrogens (tertiary/aromatic N) is 2. The first-order valence-corrected chi connectivity index (χ1v) is 11.7. The largest absolute Gasteiger partial charge is 0.298 e. The molecule has 0 bridgehead atoms. The fourth-order valence-electron chi connectivity index (χ4n) is 3.38. The quantitative estimate of drug-likeness (QED) is 0.615. The van der Waals surface area contributed by atoms with Gasteiger partial charge in [0.15, 0.2) is 5.13 Å². The summed E-state index contributed by atoms with van der Waals surface area (Å²) in [5.74, 6) is -0.235. The fourth-order valence-corrected chi connectivity index (χ4v) is 6.22. The summed E-state index contributed by atoms with van der Waals surface area (Å²) in [5.41, 5.74) is 2.11. The van der Waals surface area contributed by atoms with Crippen LogP contribution in [0, 0.1) is 6.92 Å². The first-order valence-electron chi connectivity index (χ1n) is 9.42. The maximum absolute atomic E-state index is 13.1. The van der Waals surface area contributed by atoms with Crippen LogP contribution in [-0.4, -0.2) is 35.7 Å². The van der Waals surface area contributed by atoms with Crippen molar-refractivity contribution in [1.82, 2.24) is 9.29 Å². The van der Waals surface area contributed by atoms with Gasteiger partial charge in [0.2, 0.25) is 10.0 Å². The summed E-state index contributed by atoms with van der Waals surface area (Å²) in [6.45, 7) is 9.33. The van der Waals surface area contributed by atoms with Gasteiger partial charge in [-0.2, -0.15) is 4.31 Å². The van der Waals surface area contributed by atoms with Crippen LogP contribution in [0.5, 0.6) is 0 Å². The van der Waals surface area contributed by atoms with Gasteiger partial charge in [0, 0.05) is 17.6 Å². The van der Waals surface area contributed by atoms with Crippen molar-refractivity contribution in [2.75, 3.05) is 5.32 Å². The van der Waals surface area contributed by atoms with E-state index in [1.807, 2.05) is 52.8 Å². The summed E-state index contributed by atoms with van der Waals surface area (Å²) in [7, 11) is -3.63. The van der Waals surface area contributed by atoms with Gasteiger partial charge in [-0.25, -0.2) is 13.4 Å². The Morgan fingerprint density at radius 3 is 2.34 bits per heavy atom. The number of aromatic nitrogens is 1. The monoisotopic (exact) mass is 431 g/mol. The highest BCUT2D eigenvalue weighted by Crippen LogP contribution is 2.30. The standard InChI is InChI=1S/C21H25N3O3S2/c1-13(2)24(14(3)4)29(26,27)16-10-11-18-19(12-16)28-21(22-18)23-20(25)17-9-7-6-8-15(17)5/h6-14H,1-5H3,(H,22,23,25). The van der Waals surface area contributed by atoms with Gasteiger partial charge in [-0.05, 0) is 64.4 Å². The highest BCUT2D eigenvalue weighted by atomic mass is 32.2. The van der Waals surface area contributed by atoms with Crippen molar-refractivity contribution >= 4 is 42.6 Å². The van der Waals surface area contributed by atoms with E-state index in [2.05, 4.69) is 10.3 Å². The SMILES string of the molecule is Cc1ccccc1C(=O)Nc1nc2ccc(S(=O)(=O)N(C(C)C)C(C)C)cc2s1. The predicted molar refractivity (Wildman–Crippen MR) is 118 cm³/mol. The Balaban J connectivity index is 1.93. The third-order valence-corrected chi connectivity index (χ3v) is 7.74. The molecule has 6 nitrogen and oxygen atoms in total. The van der Waals surface area contributed by atoms with Crippen LogP contribution < -0.4 is 5.32 Å². The van der Waals surface area contributed by atoms with Crippen molar-refractivity contribution in [1.29, 1.82) is 0 Å². The summed E-state index contributed by atoms with van der Waals surface area (Å²) in [6, 6.07) is 11.9. The van der Waals surface area contributed by atoms with E-state index >= 15 is 0 Å². The van der Waals surface area contributed by atoms with Crippen molar-refractivity contribution in [2.24, 2.45) is 0 Å². The summed E-state index contributed by atoms with van der Waals surface area (Å²) in [5, 5.41) is 3.25. The first-order chi connectivity index (χ1) is 13.6. The number of rotatable bonds is 6. The molecule has 1 amide bonds. The van der Waals surface area contributed by atoms with E-state index < -0.39 is 10.0 Å². The molecule has 0 spiro atoms. The van der Waals surface area contributed by atoms with Crippen molar-refractivity contribution in [3.8, 4) is 0 Å². The van der Waals surface area contributed by atoms with Gasteiger partial charge in [0.25, 0.3) is 5.91 Å². The second-order valence-corrected chi connectivity index (χ2v) is 10.3. The highest BCUT2D eigenvalue weighted by molar-refractivity contribution is 7.89. The molecule has 0 aliphatic rings. The third-order valence-electron chi connectivity index (χ3n) is 4.56. The summed E-state index contributed by atoms with van der Waals surface area (Å²) < 4.78 is 28.4. The maximum Gasteiger partial charge on any atom is 0.257 e. The zero-order valence-electron chi connectivity index (χ0n) is 17.1. The van der Waals surface area contributed by atoms with Gasteiger partial charge in [-0.1, -0.05) is 29.5 Å². The van der Waals surface area contributed by atoms with E-state index in [9.17, 15) is 13.2 Å². The lowest BCUT2D eigenvalue weighted by molar-refractivity contribution is 0.102. The molecule has 1 heterocycles. The Labute approximate surface area is 175 Å². The molecular weight excluding hydrogens is 406 g/mol. The van der Waals surface area contributed by atoms with E-state index in [4.69, 9.17) is 0 Å². The van der Waals surface area contributed by atoms with Crippen molar-refractivity contribution < 1.29 is 13.2 Å². The zero-order valence-corrected chi connectivity index (χ0v) is 18.8. The summed E-state index contributed by atoms with van der Waals surface area (Å²) >= 11 is 1.26. The number of sulfonamides is 1. The molecule has 29 heavy (non-hydrogen) atoms. The molecule has 0 unspecified atom stereocenters. The van der Waals surface area contributed by atoms with Crippen LogP contribution in [-0.2, 0) is 10.0 Å². The van der Waals surface area contributed by atoms with E-state index in [1.54, 1.807) is 24.3 Å². The van der Waals surface area contributed by atoms with Gasteiger partial charge in [-0.3, -0.25) is 10.1 Å². The number of aryl methyl sites for hydroxylation is 1. The molecule has 0 aliphatic carbocycles. The van der Waals surface area contributed by atoms with Crippen molar-refractivity contribution in [2.45, 2.75) is 51.6 Å². The molecule has 0 aliphatic heterocycles. The number of fused-ring (bicyclic) bond motifs is 1. The second kappa shape index (κ2) is 8.22. The molecule has 2 aromatic carbocycles. The Morgan fingerprint density at radius 2 is 1.72 bits per heavy atom. The average Bonchev–Trinajstić information content (AvgIpc) is 3.02. The van der Waals surface area contributed by atoms with Gasteiger partial charge in [0.1, 0.15) is 0 Å². The number of carbonyl (C=O) groups excluding carboxylic acids is 1. The molecule has 0 saturated heterocycles. The molecule has 0 radical (unpaired) electrons. The average molecular weight is 432 g/mol. The number of carbonyl (C=O) groups is 1. The first kappa shape index (κ1) is 21.4. The van der Waals surface area contributed by atoms with Gasteiger partial charge in [0.05, 0.1) is 15.1 Å². The number of hydrogen-bond acceptors (Lipinski definition) is 5. The molecular formula is C21H25N3O3S2. The molecule has 1 aromatic heterocycles. The molecule has 154 valence electrons. The molecule has 0 atom stereocenters. The van der Waals surface area contributed by atoms with Crippen LogP contribution in [0.1, 0.15) is 43.6 Å². The topological polar surface area (TPSA) is 79.4 Å². The second-order valence-electron chi connectivity index (χ2n) is 7.44. The van der Waals surface area contributed by atoms with Crippen LogP contribution in [0.3, 0.4) is 0 Å². The van der Waals surface area contributed by atoms with E-state index in [0.717, 1.165) is 5.56 Å². The Hall–Kier alpha value is -2.29. The number of amides is 1. The molecule has 1 N–H and O–H groups in total. The predicted octanol–water partition coefficient (Wildman–Crippen LogP) is 4.66. The van der Waals surface area contributed by atoms with Gasteiger partial charge < -0.3 is 0 Å². The fraction of sp³-hybridized carbons (Fsp3) is 0.333. The van der Waals surface area contributed by atoms with Crippen LogP contribution in [0.2, 0.25) is 0 Å². The molecule has 0 fully saturated rings. The highest BCUT2D eigenvalue weighted by Gasteiger charge is 2.29. The Bertz CT molecular complexity index is 1140. The van der Waals surface area contributed by atoms with Crippen LogP contribution >= 0.6 is 11.3 Å². The molecule has 0 saturated carbocycles. The van der Waals surface area contributed by atoms with E-state index in [-0.39, 0.29) is 22.9 Å². The van der Waals surface area contributed by atoms with Crippen LogP contribution in [0.25, 0.3) is 10.2 Å². The Kier molecular flexibility index (Phi) is 6.07. The summed E-state index contributed by atoms with van der Waals surface area (Å²) in [4.78, 5) is 17.2. The maximum atomic E-state index is 13.1.